The van der Waals surface area contributed by atoms with Gasteiger partial charge in [-0.05, 0) is 37.3 Å². The number of halogens is 3. The number of hydrogen-bond donors (Lipinski definition) is 2. The molecule has 2 aromatic carbocycles. The van der Waals surface area contributed by atoms with E-state index in [0.29, 0.717) is 23.8 Å². The van der Waals surface area contributed by atoms with E-state index in [-0.39, 0.29) is 43.1 Å². The highest BCUT2D eigenvalue weighted by Crippen LogP contribution is 2.16. The molecular weight excluding hydrogens is 419 g/mol. The topological polar surface area (TPSA) is 61.6 Å². The van der Waals surface area contributed by atoms with Crippen LogP contribution >= 0.6 is 37.2 Å². The molecule has 1 atom stereocenters. The molecule has 0 radical (unpaired) electrons. The molecule has 0 bridgehead atoms. The minimum absolute atomic E-state index is 0. The van der Waals surface area contributed by atoms with E-state index in [1.165, 1.54) is 5.69 Å². The molecule has 1 aliphatic heterocycles. The molecule has 28 heavy (non-hydrogen) atoms. The fraction of sp³-hybridized carbons (Fsp3) is 0.350. The first-order valence-electron chi connectivity index (χ1n) is 8.81. The summed E-state index contributed by atoms with van der Waals surface area (Å²) >= 11 is 0. The second kappa shape index (κ2) is 12.7. The van der Waals surface area contributed by atoms with Gasteiger partial charge in [-0.15, -0.1) is 37.2 Å². The maximum absolute atomic E-state index is 12.2. The molecule has 1 amide bonds. The third-order valence-corrected chi connectivity index (χ3v) is 4.77. The van der Waals surface area contributed by atoms with Crippen molar-refractivity contribution in [3.63, 3.8) is 0 Å². The summed E-state index contributed by atoms with van der Waals surface area (Å²) < 4.78 is 0. The van der Waals surface area contributed by atoms with Crippen molar-refractivity contribution in [1.29, 1.82) is 0 Å². The highest BCUT2D eigenvalue weighted by atomic mass is 35.5. The van der Waals surface area contributed by atoms with Crippen LogP contribution in [0.25, 0.3) is 0 Å². The van der Waals surface area contributed by atoms with E-state index in [1.807, 2.05) is 6.07 Å². The molecule has 1 heterocycles. The van der Waals surface area contributed by atoms with Crippen LogP contribution in [0, 0.1) is 0 Å². The molecule has 5 nitrogen and oxygen atoms in total. The molecular formula is C20H29Cl3N4O. The summed E-state index contributed by atoms with van der Waals surface area (Å²) in [7, 11) is 0. The third kappa shape index (κ3) is 7.06. The quantitative estimate of drug-likeness (QED) is 0.689. The Kier molecular flexibility index (Phi) is 12.0. The van der Waals surface area contributed by atoms with Gasteiger partial charge < -0.3 is 16.0 Å². The largest absolute Gasteiger partial charge is 0.399 e. The number of hydrogen-bond acceptors (Lipinski definition) is 4. The Morgan fingerprint density at radius 3 is 2.25 bits per heavy atom. The number of benzene rings is 2. The van der Waals surface area contributed by atoms with Crippen LogP contribution in [0.5, 0.6) is 0 Å². The van der Waals surface area contributed by atoms with Crippen molar-refractivity contribution < 1.29 is 4.79 Å². The summed E-state index contributed by atoms with van der Waals surface area (Å²) in [5.74, 6) is -0.0675. The van der Waals surface area contributed by atoms with Crippen LogP contribution in [0.2, 0.25) is 0 Å². The minimum Gasteiger partial charge on any atom is -0.399 e. The first kappa shape index (κ1) is 26.3. The molecule has 2 aromatic rings. The van der Waals surface area contributed by atoms with E-state index in [2.05, 4.69) is 46.3 Å². The molecule has 156 valence electrons. The maximum atomic E-state index is 12.2. The average molecular weight is 448 g/mol. The van der Waals surface area contributed by atoms with E-state index in [1.54, 1.807) is 24.3 Å². The van der Waals surface area contributed by atoms with Crippen LogP contribution in [0.15, 0.2) is 54.6 Å². The first-order chi connectivity index (χ1) is 12.1. The lowest BCUT2D eigenvalue weighted by molar-refractivity contribution is 0.0934. The normalized spacial score (nSPS) is 14.7. The standard InChI is InChI=1S/C20H26N4O.3ClH/c1-16(15-22-20(25)17-6-5-7-18(21)14-17)23-10-12-24(13-11-23)19-8-3-2-4-9-19;;;/h2-9,14,16H,10-13,15,21H2,1H3,(H,22,25);3*1H. The van der Waals surface area contributed by atoms with E-state index >= 15 is 0 Å². The summed E-state index contributed by atoms with van der Waals surface area (Å²) in [4.78, 5) is 17.1. The Bertz CT molecular complexity index is 710. The molecule has 1 unspecified atom stereocenters. The van der Waals surface area contributed by atoms with Crippen LogP contribution in [0.3, 0.4) is 0 Å². The van der Waals surface area contributed by atoms with Gasteiger partial charge in [0, 0.05) is 55.7 Å². The Balaban J connectivity index is 0.00000243. The Hall–Kier alpha value is -1.66. The van der Waals surface area contributed by atoms with Gasteiger partial charge in [0.15, 0.2) is 0 Å². The lowest BCUT2D eigenvalue weighted by atomic mass is 10.1. The van der Waals surface area contributed by atoms with E-state index in [4.69, 9.17) is 5.73 Å². The number of nitrogen functional groups attached to an aromatic ring is 1. The molecule has 3 rings (SSSR count). The number of anilines is 2. The Morgan fingerprint density at radius 1 is 1.00 bits per heavy atom. The zero-order valence-corrected chi connectivity index (χ0v) is 18.4. The molecule has 8 heteroatoms. The van der Waals surface area contributed by atoms with Gasteiger partial charge in [-0.2, -0.15) is 0 Å². The predicted octanol–water partition coefficient (Wildman–Crippen LogP) is 3.47. The second-order valence-electron chi connectivity index (χ2n) is 6.54. The van der Waals surface area contributed by atoms with E-state index in [0.717, 1.165) is 26.2 Å². The van der Waals surface area contributed by atoms with Crippen molar-refractivity contribution >= 4 is 54.5 Å². The number of carbonyl (C=O) groups is 1. The number of nitrogens with one attached hydrogen (secondary N) is 1. The summed E-state index contributed by atoms with van der Waals surface area (Å²) in [6.45, 7) is 6.83. The average Bonchev–Trinajstić information content (AvgIpc) is 2.66. The SMILES string of the molecule is CC(CNC(=O)c1cccc(N)c1)N1CCN(c2ccccc2)CC1.Cl.Cl.Cl. The molecule has 0 spiro atoms. The van der Waals surface area contributed by atoms with Crippen LogP contribution in [-0.4, -0.2) is 49.6 Å². The monoisotopic (exact) mass is 446 g/mol. The van der Waals surface area contributed by atoms with Crippen LogP contribution < -0.4 is 16.0 Å². The Labute approximate surface area is 185 Å². The number of carbonyl (C=O) groups excluding carboxylic acids is 1. The van der Waals surface area contributed by atoms with Crippen LogP contribution in [-0.2, 0) is 0 Å². The van der Waals surface area contributed by atoms with Gasteiger partial charge >= 0.3 is 0 Å². The first-order valence-corrected chi connectivity index (χ1v) is 8.81. The van der Waals surface area contributed by atoms with Crippen LogP contribution in [0.1, 0.15) is 17.3 Å². The zero-order chi connectivity index (χ0) is 17.6. The van der Waals surface area contributed by atoms with Crippen molar-refractivity contribution in [1.82, 2.24) is 10.2 Å². The number of amides is 1. The lowest BCUT2D eigenvalue weighted by Gasteiger charge is -2.39. The molecule has 3 N–H and O–H groups in total. The van der Waals surface area contributed by atoms with Gasteiger partial charge in [-0.25, -0.2) is 0 Å². The van der Waals surface area contributed by atoms with Crippen molar-refractivity contribution in [2.45, 2.75) is 13.0 Å². The number of para-hydroxylation sites is 1. The molecule has 0 aromatic heterocycles. The highest BCUT2D eigenvalue weighted by molar-refractivity contribution is 5.95. The Morgan fingerprint density at radius 2 is 1.64 bits per heavy atom. The van der Waals surface area contributed by atoms with Gasteiger partial charge in [0.05, 0.1) is 0 Å². The lowest BCUT2D eigenvalue weighted by Crippen LogP contribution is -2.52. The molecule has 1 saturated heterocycles. The fourth-order valence-electron chi connectivity index (χ4n) is 3.21. The molecule has 1 fully saturated rings. The number of nitrogens with two attached hydrogens (primary N) is 1. The van der Waals surface area contributed by atoms with Gasteiger partial charge in [-0.1, -0.05) is 24.3 Å². The number of rotatable bonds is 5. The molecule has 0 saturated carbocycles. The van der Waals surface area contributed by atoms with Gasteiger partial charge in [0.25, 0.3) is 5.91 Å². The predicted molar refractivity (Wildman–Crippen MR) is 125 cm³/mol. The van der Waals surface area contributed by atoms with Gasteiger partial charge in [0.1, 0.15) is 0 Å². The third-order valence-electron chi connectivity index (χ3n) is 4.77. The van der Waals surface area contributed by atoms with Crippen molar-refractivity contribution in [2.24, 2.45) is 0 Å². The fourth-order valence-corrected chi connectivity index (χ4v) is 3.21. The van der Waals surface area contributed by atoms with Crippen molar-refractivity contribution in [3.8, 4) is 0 Å². The summed E-state index contributed by atoms with van der Waals surface area (Å²) in [6, 6.07) is 17.9. The van der Waals surface area contributed by atoms with Gasteiger partial charge in [-0.3, -0.25) is 9.69 Å². The smallest absolute Gasteiger partial charge is 0.251 e. The number of nitrogens with zero attached hydrogens (tertiary/aromatic N) is 2. The molecule has 1 aliphatic rings. The van der Waals surface area contributed by atoms with Crippen LogP contribution in [0.4, 0.5) is 11.4 Å². The van der Waals surface area contributed by atoms with E-state index < -0.39 is 0 Å². The highest BCUT2D eigenvalue weighted by Gasteiger charge is 2.21. The zero-order valence-electron chi connectivity index (χ0n) is 15.9. The minimum atomic E-state index is -0.0675. The summed E-state index contributed by atoms with van der Waals surface area (Å²) in [5.41, 5.74) is 8.24. The summed E-state index contributed by atoms with van der Waals surface area (Å²) in [6.07, 6.45) is 0. The van der Waals surface area contributed by atoms with Gasteiger partial charge in [0.2, 0.25) is 0 Å². The summed E-state index contributed by atoms with van der Waals surface area (Å²) in [5, 5.41) is 3.02. The maximum Gasteiger partial charge on any atom is 0.251 e. The van der Waals surface area contributed by atoms with E-state index in [9.17, 15) is 4.79 Å². The molecule has 0 aliphatic carbocycles. The number of piperazine rings is 1. The van der Waals surface area contributed by atoms with Crippen molar-refractivity contribution in [3.05, 3.63) is 60.2 Å². The van der Waals surface area contributed by atoms with Crippen molar-refractivity contribution in [2.75, 3.05) is 43.4 Å². The second-order valence-corrected chi connectivity index (χ2v) is 6.54.